The molecular formula is C12H30N2. The molecule has 0 saturated carbocycles. The summed E-state index contributed by atoms with van der Waals surface area (Å²) in [4.78, 5) is 0. The highest BCUT2D eigenvalue weighted by molar-refractivity contribution is 4.43. The number of unbranched alkanes of at least 4 members (excludes halogenated alkanes) is 6. The van der Waals surface area contributed by atoms with E-state index in [2.05, 4.69) is 13.8 Å². The van der Waals surface area contributed by atoms with Crippen molar-refractivity contribution in [2.45, 2.75) is 65.2 Å². The molecule has 0 rings (SSSR count). The smallest absolute Gasteiger partial charge is 0.00773 e. The van der Waals surface area contributed by atoms with Gasteiger partial charge in [-0.15, -0.1) is 0 Å². The van der Waals surface area contributed by atoms with Gasteiger partial charge in [-0.25, -0.2) is 0 Å². The van der Waals surface area contributed by atoms with Gasteiger partial charge in [-0.3, -0.25) is 0 Å². The van der Waals surface area contributed by atoms with E-state index < -0.39 is 0 Å². The number of nitrogens with two attached hydrogens (primary N) is 2. The Hall–Kier alpha value is -0.0800. The highest BCUT2D eigenvalue weighted by atomic mass is 14.5. The van der Waals surface area contributed by atoms with Crippen LogP contribution in [0.4, 0.5) is 0 Å². The van der Waals surface area contributed by atoms with Gasteiger partial charge in [0.2, 0.25) is 0 Å². The van der Waals surface area contributed by atoms with Gasteiger partial charge < -0.3 is 11.5 Å². The predicted octanol–water partition coefficient (Wildman–Crippen LogP) is 3.05. The highest BCUT2D eigenvalue weighted by Crippen LogP contribution is 2.03. The normalized spacial score (nSPS) is 9.43. The van der Waals surface area contributed by atoms with Gasteiger partial charge in [0.1, 0.15) is 0 Å². The molecule has 0 saturated heterocycles. The largest absolute Gasteiger partial charge is 0.330 e. The Labute approximate surface area is 90.4 Å². The van der Waals surface area contributed by atoms with Crippen molar-refractivity contribution in [3.8, 4) is 0 Å². The third-order valence-electron chi connectivity index (χ3n) is 2.12. The lowest BCUT2D eigenvalue weighted by atomic mass is 10.1. The summed E-state index contributed by atoms with van der Waals surface area (Å²) >= 11 is 0. The first-order valence-corrected chi connectivity index (χ1v) is 6.23. The lowest BCUT2D eigenvalue weighted by molar-refractivity contribution is 0.612. The van der Waals surface area contributed by atoms with Gasteiger partial charge in [0.15, 0.2) is 0 Å². The summed E-state index contributed by atoms with van der Waals surface area (Å²) in [6.07, 6.45) is 10.4. The number of hydrogen-bond acceptors (Lipinski definition) is 2. The molecular weight excluding hydrogens is 172 g/mol. The van der Waals surface area contributed by atoms with Gasteiger partial charge >= 0.3 is 0 Å². The van der Waals surface area contributed by atoms with E-state index in [-0.39, 0.29) is 0 Å². The molecule has 0 fully saturated rings. The van der Waals surface area contributed by atoms with Gasteiger partial charge in [-0.2, -0.15) is 0 Å². The third kappa shape index (κ3) is 22.7. The Morgan fingerprint density at radius 1 is 0.571 bits per heavy atom. The molecule has 0 aliphatic rings. The molecule has 4 N–H and O–H groups in total. The summed E-state index contributed by atoms with van der Waals surface area (Å²) in [5.41, 5.74) is 10.5. The van der Waals surface area contributed by atoms with Gasteiger partial charge in [0, 0.05) is 0 Å². The van der Waals surface area contributed by atoms with Crippen LogP contribution in [0.3, 0.4) is 0 Å². The van der Waals surface area contributed by atoms with Crippen LogP contribution < -0.4 is 11.5 Å². The third-order valence-corrected chi connectivity index (χ3v) is 2.12. The number of hydrogen-bond donors (Lipinski definition) is 2. The minimum atomic E-state index is 0.844. The summed E-state index contributed by atoms with van der Waals surface area (Å²) in [7, 11) is 0. The van der Waals surface area contributed by atoms with Crippen LogP contribution in [-0.4, -0.2) is 13.1 Å². The quantitative estimate of drug-likeness (QED) is 0.594. The van der Waals surface area contributed by atoms with E-state index in [1.807, 2.05) is 0 Å². The second kappa shape index (κ2) is 18.7. The molecule has 0 unspecified atom stereocenters. The average Bonchev–Trinajstić information content (AvgIpc) is 2.20. The molecule has 0 aromatic heterocycles. The zero-order valence-corrected chi connectivity index (χ0v) is 10.2. The monoisotopic (exact) mass is 202 g/mol. The lowest BCUT2D eigenvalue weighted by Gasteiger charge is -1.96. The Morgan fingerprint density at radius 3 is 1.36 bits per heavy atom. The van der Waals surface area contributed by atoms with Crippen LogP contribution in [0.25, 0.3) is 0 Å². The molecule has 0 atom stereocenters. The summed E-state index contributed by atoms with van der Waals surface area (Å²) in [6, 6.07) is 0. The van der Waals surface area contributed by atoms with Gasteiger partial charge in [-0.1, -0.05) is 52.4 Å². The van der Waals surface area contributed by atoms with E-state index in [4.69, 9.17) is 11.5 Å². The first-order valence-electron chi connectivity index (χ1n) is 6.23. The van der Waals surface area contributed by atoms with Crippen LogP contribution in [-0.2, 0) is 0 Å². The van der Waals surface area contributed by atoms with Crippen molar-refractivity contribution in [2.24, 2.45) is 11.5 Å². The fourth-order valence-corrected chi connectivity index (χ4v) is 1.13. The van der Waals surface area contributed by atoms with Crippen molar-refractivity contribution in [1.82, 2.24) is 0 Å². The van der Waals surface area contributed by atoms with Crippen molar-refractivity contribution in [3.05, 3.63) is 0 Å². The zero-order valence-electron chi connectivity index (χ0n) is 10.2. The molecule has 14 heavy (non-hydrogen) atoms. The van der Waals surface area contributed by atoms with Gasteiger partial charge in [-0.05, 0) is 25.9 Å². The zero-order chi connectivity index (χ0) is 11.1. The van der Waals surface area contributed by atoms with Crippen molar-refractivity contribution >= 4 is 0 Å². The van der Waals surface area contributed by atoms with E-state index in [1.165, 1.54) is 51.4 Å². The van der Waals surface area contributed by atoms with Crippen molar-refractivity contribution in [1.29, 1.82) is 0 Å². The predicted molar refractivity (Wildman–Crippen MR) is 66.4 cm³/mol. The second-order valence-electron chi connectivity index (χ2n) is 3.70. The first kappa shape index (κ1) is 16.4. The molecule has 0 aliphatic heterocycles. The van der Waals surface area contributed by atoms with Crippen molar-refractivity contribution in [2.75, 3.05) is 13.1 Å². The van der Waals surface area contributed by atoms with Crippen LogP contribution in [0.5, 0.6) is 0 Å². The van der Waals surface area contributed by atoms with E-state index >= 15 is 0 Å². The summed E-state index contributed by atoms with van der Waals surface area (Å²) < 4.78 is 0. The molecule has 0 bridgehead atoms. The van der Waals surface area contributed by atoms with Gasteiger partial charge in [0.05, 0.1) is 0 Å². The summed E-state index contributed by atoms with van der Waals surface area (Å²) in [5, 5.41) is 0. The molecule has 88 valence electrons. The molecule has 2 nitrogen and oxygen atoms in total. The SMILES string of the molecule is CCCCCCCCN.CCCCN. The first-order chi connectivity index (χ1) is 6.83. The lowest BCUT2D eigenvalue weighted by Crippen LogP contribution is -1.97. The molecule has 2 heteroatoms. The standard InChI is InChI=1S/C8H19N.C4H11N/c1-2-3-4-5-6-7-8-9;1-2-3-4-5/h2-9H2,1H3;2-5H2,1H3. The second-order valence-corrected chi connectivity index (χ2v) is 3.70. The maximum atomic E-state index is 5.34. The highest BCUT2D eigenvalue weighted by Gasteiger charge is 1.85. The van der Waals surface area contributed by atoms with Crippen molar-refractivity contribution in [3.63, 3.8) is 0 Å². The van der Waals surface area contributed by atoms with E-state index in [9.17, 15) is 0 Å². The average molecular weight is 202 g/mol. The Bertz CT molecular complexity index is 66.7. The maximum absolute atomic E-state index is 5.34. The Kier molecular flexibility index (Phi) is 21.8. The number of rotatable bonds is 8. The van der Waals surface area contributed by atoms with Crippen LogP contribution in [0.1, 0.15) is 65.2 Å². The van der Waals surface area contributed by atoms with Crippen LogP contribution in [0.2, 0.25) is 0 Å². The van der Waals surface area contributed by atoms with Gasteiger partial charge in [0.25, 0.3) is 0 Å². The van der Waals surface area contributed by atoms with Crippen LogP contribution in [0.15, 0.2) is 0 Å². The minimum Gasteiger partial charge on any atom is -0.330 e. The van der Waals surface area contributed by atoms with Crippen LogP contribution >= 0.6 is 0 Å². The molecule has 0 aromatic carbocycles. The molecule has 0 aromatic rings. The van der Waals surface area contributed by atoms with Crippen LogP contribution in [0, 0.1) is 0 Å². The Balaban J connectivity index is 0. The minimum absolute atomic E-state index is 0.844. The molecule has 0 radical (unpaired) electrons. The Morgan fingerprint density at radius 2 is 1.00 bits per heavy atom. The topological polar surface area (TPSA) is 52.0 Å². The fourth-order valence-electron chi connectivity index (χ4n) is 1.13. The van der Waals surface area contributed by atoms with E-state index in [0.29, 0.717) is 0 Å². The molecule has 0 heterocycles. The fraction of sp³-hybridized carbons (Fsp3) is 1.00. The van der Waals surface area contributed by atoms with Crippen molar-refractivity contribution < 1.29 is 0 Å². The van der Waals surface area contributed by atoms with E-state index in [0.717, 1.165) is 13.1 Å². The summed E-state index contributed by atoms with van der Waals surface area (Å²) in [6.45, 7) is 6.08. The van der Waals surface area contributed by atoms with E-state index in [1.54, 1.807) is 0 Å². The maximum Gasteiger partial charge on any atom is -0.00773 e. The molecule has 0 spiro atoms. The molecule has 0 aliphatic carbocycles. The molecule has 0 amide bonds. The summed E-state index contributed by atoms with van der Waals surface area (Å²) in [5.74, 6) is 0.